The number of ether oxygens (including phenoxy) is 1. The Balaban J connectivity index is 1.54. The number of alkyl halides is 6. The van der Waals surface area contributed by atoms with E-state index in [1.165, 1.54) is 18.5 Å². The fourth-order valence-electron chi connectivity index (χ4n) is 3.61. The number of piperidine rings is 1. The molecule has 2 heterocycles. The molecule has 1 aliphatic carbocycles. The van der Waals surface area contributed by atoms with Gasteiger partial charge in [0.25, 0.3) is 6.10 Å². The van der Waals surface area contributed by atoms with Gasteiger partial charge in [0.2, 0.25) is 5.91 Å². The summed E-state index contributed by atoms with van der Waals surface area (Å²) in [4.78, 5) is 28.9. The minimum absolute atomic E-state index is 0.107. The second-order valence-electron chi connectivity index (χ2n) is 7.33. The molecule has 1 aliphatic heterocycles. The number of nitrogens with one attached hydrogen (secondary N) is 1. The number of carbonyl (C=O) groups excluding carboxylic acids is 2. The molecule has 0 aromatic carbocycles. The average molecular weight is 460 g/mol. The first-order valence-electron chi connectivity index (χ1n) is 8.82. The number of halogens is 7. The van der Waals surface area contributed by atoms with Gasteiger partial charge in [0.1, 0.15) is 0 Å². The van der Waals surface area contributed by atoms with Gasteiger partial charge in [-0.3, -0.25) is 9.78 Å². The van der Waals surface area contributed by atoms with E-state index in [9.17, 15) is 35.9 Å². The highest BCUT2D eigenvalue weighted by Crippen LogP contribution is 2.59. The summed E-state index contributed by atoms with van der Waals surface area (Å²) >= 11 is 5.80. The van der Waals surface area contributed by atoms with E-state index in [1.54, 1.807) is 0 Å². The van der Waals surface area contributed by atoms with Gasteiger partial charge in [-0.2, -0.15) is 26.3 Å². The predicted molar refractivity (Wildman–Crippen MR) is 91.6 cm³/mol. The summed E-state index contributed by atoms with van der Waals surface area (Å²) in [7, 11) is 0. The largest absolute Gasteiger partial charge is 0.434 e. The molecule has 0 unspecified atom stereocenters. The van der Waals surface area contributed by atoms with Gasteiger partial charge in [-0.05, 0) is 30.7 Å². The highest BCUT2D eigenvalue weighted by atomic mass is 35.5. The third-order valence-corrected chi connectivity index (χ3v) is 5.52. The maximum Gasteiger partial charge on any atom is 0.434 e. The monoisotopic (exact) mass is 459 g/mol. The first-order chi connectivity index (χ1) is 13.8. The molecule has 2 aliphatic rings. The van der Waals surface area contributed by atoms with E-state index >= 15 is 0 Å². The first kappa shape index (κ1) is 22.4. The van der Waals surface area contributed by atoms with Gasteiger partial charge in [0, 0.05) is 25.2 Å². The van der Waals surface area contributed by atoms with Crippen molar-refractivity contribution >= 4 is 29.3 Å². The number of nitrogens with zero attached hydrogens (tertiary/aromatic N) is 2. The Morgan fingerprint density at radius 2 is 1.77 bits per heavy atom. The van der Waals surface area contributed by atoms with Crippen LogP contribution in [0.5, 0.6) is 0 Å². The normalized spacial score (nSPS) is 20.9. The third-order valence-electron chi connectivity index (χ3n) is 5.31. The molecule has 0 bridgehead atoms. The zero-order valence-corrected chi connectivity index (χ0v) is 15.9. The number of carbonyl (C=O) groups is 2. The lowest BCUT2D eigenvalue weighted by Gasteiger charge is -2.33. The van der Waals surface area contributed by atoms with Crippen molar-refractivity contribution in [3.63, 3.8) is 0 Å². The third kappa shape index (κ3) is 4.90. The summed E-state index contributed by atoms with van der Waals surface area (Å²) in [6, 6.07) is 1.51. The summed E-state index contributed by atoms with van der Waals surface area (Å²) in [5.41, 5.74) is -0.0405. The van der Waals surface area contributed by atoms with Gasteiger partial charge < -0.3 is 15.0 Å². The Labute approximate surface area is 171 Å². The minimum atomic E-state index is -5.76. The number of likely N-dealkylation sites (tertiary alicyclic amines) is 1. The van der Waals surface area contributed by atoms with E-state index in [1.807, 2.05) is 0 Å². The summed E-state index contributed by atoms with van der Waals surface area (Å²) in [6.45, 7) is -0.215. The highest BCUT2D eigenvalue weighted by molar-refractivity contribution is 6.30. The van der Waals surface area contributed by atoms with Crippen molar-refractivity contribution in [1.82, 2.24) is 9.88 Å². The number of hydrogen-bond acceptors (Lipinski definition) is 4. The van der Waals surface area contributed by atoms with Crippen LogP contribution >= 0.6 is 11.6 Å². The summed E-state index contributed by atoms with van der Waals surface area (Å²) in [6.07, 6.45) is -13.6. The Morgan fingerprint density at radius 1 is 1.17 bits per heavy atom. The molecule has 166 valence electrons. The molecule has 1 atom stereocenters. The van der Waals surface area contributed by atoms with Crippen LogP contribution in [-0.2, 0) is 9.53 Å². The highest BCUT2D eigenvalue weighted by Gasteiger charge is 2.61. The van der Waals surface area contributed by atoms with E-state index in [4.69, 9.17) is 11.6 Å². The van der Waals surface area contributed by atoms with Crippen molar-refractivity contribution in [3.05, 3.63) is 23.5 Å². The van der Waals surface area contributed by atoms with Crippen molar-refractivity contribution in [3.8, 4) is 0 Å². The molecular formula is C17H16ClF6N3O3. The quantitative estimate of drug-likeness (QED) is 0.680. The van der Waals surface area contributed by atoms with Crippen LogP contribution < -0.4 is 5.32 Å². The van der Waals surface area contributed by atoms with Crippen LogP contribution in [-0.4, -0.2) is 53.4 Å². The zero-order valence-electron chi connectivity index (χ0n) is 15.2. The molecule has 0 radical (unpaired) electrons. The fraction of sp³-hybridized carbons (Fsp3) is 0.588. The maximum absolute atomic E-state index is 12.5. The van der Waals surface area contributed by atoms with Crippen molar-refractivity contribution in [2.24, 2.45) is 11.3 Å². The van der Waals surface area contributed by atoms with Gasteiger partial charge >= 0.3 is 18.4 Å². The van der Waals surface area contributed by atoms with Crippen molar-refractivity contribution in [2.45, 2.75) is 37.7 Å². The van der Waals surface area contributed by atoms with Crippen LogP contribution in [0.3, 0.4) is 0 Å². The summed E-state index contributed by atoms with van der Waals surface area (Å²) in [5.74, 6) is -0.669. The molecule has 1 saturated carbocycles. The van der Waals surface area contributed by atoms with E-state index < -0.39 is 30.0 Å². The maximum atomic E-state index is 12.5. The van der Waals surface area contributed by atoms with Crippen LogP contribution in [0.25, 0.3) is 0 Å². The van der Waals surface area contributed by atoms with E-state index in [0.29, 0.717) is 17.1 Å². The van der Waals surface area contributed by atoms with E-state index in [2.05, 4.69) is 15.0 Å². The second kappa shape index (κ2) is 7.78. The lowest BCUT2D eigenvalue weighted by Crippen LogP contribution is -2.49. The lowest BCUT2D eigenvalue weighted by atomic mass is 9.91. The van der Waals surface area contributed by atoms with Crippen LogP contribution in [0.2, 0.25) is 5.02 Å². The molecule has 1 aromatic rings. The molecule has 1 spiro atoms. The Hall–Kier alpha value is -2.24. The fourth-order valence-corrected chi connectivity index (χ4v) is 3.78. The lowest BCUT2D eigenvalue weighted by molar-refractivity contribution is -0.308. The van der Waals surface area contributed by atoms with Crippen molar-refractivity contribution < 1.29 is 40.7 Å². The molecule has 13 heteroatoms. The molecule has 2 amide bonds. The van der Waals surface area contributed by atoms with Gasteiger partial charge in [0.15, 0.2) is 0 Å². The molecule has 3 rings (SSSR count). The first-order valence-corrected chi connectivity index (χ1v) is 9.20. The van der Waals surface area contributed by atoms with Crippen LogP contribution in [0.4, 0.5) is 36.8 Å². The standard InChI is InChI=1S/C17H16ClF6N3O3/c18-9-5-10(8-25-7-9)26-12(28)11-6-15(11)1-3-27(4-2-15)14(29)30-13(16(19,20)21)17(22,23)24/h5,7-8,11,13H,1-4,6H2,(H,26,28)/t11-/m1/s1. The van der Waals surface area contributed by atoms with Crippen molar-refractivity contribution in [1.29, 1.82) is 0 Å². The van der Waals surface area contributed by atoms with Crippen molar-refractivity contribution in [2.75, 3.05) is 18.4 Å². The van der Waals surface area contributed by atoms with E-state index in [-0.39, 0.29) is 37.8 Å². The molecular weight excluding hydrogens is 444 g/mol. The Morgan fingerprint density at radius 3 is 2.30 bits per heavy atom. The predicted octanol–water partition coefficient (Wildman–Crippen LogP) is 4.41. The van der Waals surface area contributed by atoms with Crippen LogP contribution in [0.1, 0.15) is 19.3 Å². The van der Waals surface area contributed by atoms with Crippen LogP contribution in [0, 0.1) is 11.3 Å². The minimum Gasteiger partial charge on any atom is -0.426 e. The molecule has 1 saturated heterocycles. The second-order valence-corrected chi connectivity index (χ2v) is 7.77. The number of amides is 2. The number of pyridine rings is 1. The number of hydrogen-bond donors (Lipinski definition) is 1. The zero-order chi connectivity index (χ0) is 22.3. The number of rotatable bonds is 3. The van der Waals surface area contributed by atoms with Gasteiger partial charge in [-0.1, -0.05) is 11.6 Å². The summed E-state index contributed by atoms with van der Waals surface area (Å²) in [5, 5.41) is 3.00. The van der Waals surface area contributed by atoms with Gasteiger partial charge in [0.05, 0.1) is 16.9 Å². The van der Waals surface area contributed by atoms with Gasteiger partial charge in [-0.25, -0.2) is 4.79 Å². The van der Waals surface area contributed by atoms with Crippen LogP contribution in [0.15, 0.2) is 18.5 Å². The molecule has 6 nitrogen and oxygen atoms in total. The molecule has 2 fully saturated rings. The Bertz CT molecular complexity index is 810. The molecule has 1 aromatic heterocycles. The molecule has 30 heavy (non-hydrogen) atoms. The topological polar surface area (TPSA) is 71.5 Å². The Kier molecular flexibility index (Phi) is 5.82. The van der Waals surface area contributed by atoms with Gasteiger partial charge in [-0.15, -0.1) is 0 Å². The SMILES string of the molecule is O=C(Nc1cncc(Cl)c1)[C@H]1CC12CCN(C(=O)OC(C(F)(F)F)C(F)(F)F)CC2. The average Bonchev–Trinajstić information content (AvgIpc) is 3.31. The smallest absolute Gasteiger partial charge is 0.426 e. The number of anilines is 1. The number of aromatic nitrogens is 1. The van der Waals surface area contributed by atoms with E-state index in [0.717, 1.165) is 4.90 Å². The summed E-state index contributed by atoms with van der Waals surface area (Å²) < 4.78 is 79.0. The molecule has 1 N–H and O–H groups in total.